The van der Waals surface area contributed by atoms with E-state index in [0.29, 0.717) is 0 Å². The second-order valence-corrected chi connectivity index (χ2v) is 5.27. The van der Waals surface area contributed by atoms with Gasteiger partial charge in [0.1, 0.15) is 0 Å². The molecule has 2 rings (SSSR count). The maximum atomic E-state index is 3.24. The van der Waals surface area contributed by atoms with Gasteiger partial charge >= 0.3 is 0 Å². The summed E-state index contributed by atoms with van der Waals surface area (Å²) in [6, 6.07) is 8.76. The fourth-order valence-electron chi connectivity index (χ4n) is 2.67. The van der Waals surface area contributed by atoms with Crippen LogP contribution in [0.1, 0.15) is 39.2 Å². The number of rotatable bonds is 7. The second-order valence-electron chi connectivity index (χ2n) is 5.27. The molecule has 1 N–H and O–H groups in total. The molecule has 0 spiro atoms. The molecule has 126 valence electrons. The minimum Gasteiger partial charge on any atom is -0.345 e. The molecule has 2 nitrogen and oxygen atoms in total. The molecular weight excluding hydrogens is 280 g/mol. The third-order valence-electron chi connectivity index (χ3n) is 3.79. The van der Waals surface area contributed by atoms with Gasteiger partial charge in [0.05, 0.1) is 0 Å². The molecule has 1 aromatic carbocycles. The summed E-state index contributed by atoms with van der Waals surface area (Å²) in [5.41, 5.74) is 4.14. The van der Waals surface area contributed by atoms with Crippen LogP contribution in [0.2, 0.25) is 0 Å². The number of allylic oxidation sites excluding steroid dienone is 5. The molecule has 1 aromatic rings. The zero-order valence-electron chi connectivity index (χ0n) is 15.2. The van der Waals surface area contributed by atoms with E-state index in [1.807, 2.05) is 20.9 Å². The predicted octanol–water partition coefficient (Wildman–Crippen LogP) is 5.09. The molecule has 0 aromatic heterocycles. The minimum atomic E-state index is 0.991. The SMILES string of the molecule is CC.CCc1ccccc1N(CCCNC)C1=CC=CC=CC1. The average molecular weight is 313 g/mol. The lowest BCUT2D eigenvalue weighted by atomic mass is 10.1. The van der Waals surface area contributed by atoms with Crippen LogP contribution in [0.3, 0.4) is 0 Å². The molecule has 0 saturated heterocycles. The highest BCUT2D eigenvalue weighted by molar-refractivity contribution is 5.59. The Kier molecular flexibility index (Phi) is 9.81. The summed E-state index contributed by atoms with van der Waals surface area (Å²) in [6.07, 6.45) is 14.0. The number of aryl methyl sites for hydroxylation is 1. The van der Waals surface area contributed by atoms with Crippen LogP contribution < -0.4 is 10.2 Å². The Bertz CT molecular complexity index is 526. The fraction of sp³-hybridized carbons (Fsp3) is 0.429. The van der Waals surface area contributed by atoms with Gasteiger partial charge in [-0.15, -0.1) is 0 Å². The van der Waals surface area contributed by atoms with Crippen molar-refractivity contribution in [3.63, 3.8) is 0 Å². The molecule has 1 aliphatic carbocycles. The number of benzene rings is 1. The Morgan fingerprint density at radius 3 is 2.61 bits per heavy atom. The van der Waals surface area contributed by atoms with Gasteiger partial charge in [0.25, 0.3) is 0 Å². The molecule has 0 amide bonds. The zero-order valence-corrected chi connectivity index (χ0v) is 15.2. The largest absolute Gasteiger partial charge is 0.345 e. The van der Waals surface area contributed by atoms with Crippen molar-refractivity contribution in [1.29, 1.82) is 0 Å². The predicted molar refractivity (Wildman–Crippen MR) is 104 cm³/mol. The summed E-state index contributed by atoms with van der Waals surface area (Å²) < 4.78 is 0. The number of hydrogen-bond donors (Lipinski definition) is 1. The van der Waals surface area contributed by atoms with E-state index in [0.717, 1.165) is 32.4 Å². The molecule has 0 aliphatic heterocycles. The average Bonchev–Trinajstić information content (AvgIpc) is 2.90. The molecule has 0 bridgehead atoms. The van der Waals surface area contributed by atoms with Crippen LogP contribution in [0.25, 0.3) is 0 Å². The van der Waals surface area contributed by atoms with Crippen LogP contribution in [0.5, 0.6) is 0 Å². The summed E-state index contributed by atoms with van der Waals surface area (Å²) in [5.74, 6) is 0. The fourth-order valence-corrected chi connectivity index (χ4v) is 2.67. The Morgan fingerprint density at radius 1 is 1.09 bits per heavy atom. The van der Waals surface area contributed by atoms with Crippen molar-refractivity contribution in [3.8, 4) is 0 Å². The van der Waals surface area contributed by atoms with Crippen LogP contribution in [0, 0.1) is 0 Å². The highest BCUT2D eigenvalue weighted by Gasteiger charge is 2.13. The van der Waals surface area contributed by atoms with Crippen LogP contribution in [-0.4, -0.2) is 20.1 Å². The van der Waals surface area contributed by atoms with Gasteiger partial charge in [-0.2, -0.15) is 0 Å². The van der Waals surface area contributed by atoms with Gasteiger partial charge < -0.3 is 10.2 Å². The van der Waals surface area contributed by atoms with Crippen LogP contribution in [0.15, 0.2) is 60.3 Å². The lowest BCUT2D eigenvalue weighted by Crippen LogP contribution is -2.27. The van der Waals surface area contributed by atoms with E-state index in [1.54, 1.807) is 0 Å². The molecule has 23 heavy (non-hydrogen) atoms. The smallest absolute Gasteiger partial charge is 0.0440 e. The normalized spacial score (nSPS) is 13.0. The molecule has 2 heteroatoms. The molecule has 0 atom stereocenters. The van der Waals surface area contributed by atoms with Crippen molar-refractivity contribution in [2.45, 2.75) is 40.0 Å². The summed E-state index contributed by atoms with van der Waals surface area (Å²) in [5, 5.41) is 3.24. The van der Waals surface area contributed by atoms with Crippen molar-refractivity contribution in [1.82, 2.24) is 5.32 Å². The molecule has 0 saturated carbocycles. The first-order chi connectivity index (χ1) is 11.4. The van der Waals surface area contributed by atoms with E-state index >= 15 is 0 Å². The second kappa shape index (κ2) is 11.7. The monoisotopic (exact) mass is 312 g/mol. The zero-order chi connectivity index (χ0) is 16.9. The Hall–Kier alpha value is -1.80. The minimum absolute atomic E-state index is 0.991. The summed E-state index contributed by atoms with van der Waals surface area (Å²) in [6.45, 7) is 8.32. The van der Waals surface area contributed by atoms with E-state index in [1.165, 1.54) is 16.9 Å². The lowest BCUT2D eigenvalue weighted by molar-refractivity contribution is 0.708. The summed E-state index contributed by atoms with van der Waals surface area (Å²) in [4.78, 5) is 2.48. The van der Waals surface area contributed by atoms with E-state index < -0.39 is 0 Å². The number of hydrogen-bond acceptors (Lipinski definition) is 2. The van der Waals surface area contributed by atoms with E-state index in [4.69, 9.17) is 0 Å². The molecule has 0 unspecified atom stereocenters. The van der Waals surface area contributed by atoms with Gasteiger partial charge in [0.15, 0.2) is 0 Å². The molecule has 0 heterocycles. The third kappa shape index (κ3) is 6.07. The quantitative estimate of drug-likeness (QED) is 0.705. The molecule has 0 fully saturated rings. The Morgan fingerprint density at radius 2 is 1.87 bits per heavy atom. The number of nitrogens with one attached hydrogen (secondary N) is 1. The van der Waals surface area contributed by atoms with E-state index in [2.05, 4.69) is 71.8 Å². The maximum absolute atomic E-state index is 3.24. The maximum Gasteiger partial charge on any atom is 0.0440 e. The first-order valence-corrected chi connectivity index (χ1v) is 8.89. The Labute approximate surface area is 142 Å². The van der Waals surface area contributed by atoms with Gasteiger partial charge in [-0.05, 0) is 44.1 Å². The molecular formula is C21H32N2. The number of para-hydroxylation sites is 1. The highest BCUT2D eigenvalue weighted by atomic mass is 15.1. The van der Waals surface area contributed by atoms with E-state index in [9.17, 15) is 0 Å². The van der Waals surface area contributed by atoms with Gasteiger partial charge in [-0.1, -0.05) is 63.3 Å². The standard InChI is InChI=1S/C19H26N2.C2H6/c1-3-17-11-8-9-14-19(17)21(16-10-15-20-2)18-12-6-4-5-7-13-18;1-2/h4-9,11-12,14,20H,3,10,13,15-16H2,1-2H3;1-2H3. The highest BCUT2D eigenvalue weighted by Crippen LogP contribution is 2.27. The van der Waals surface area contributed by atoms with Crippen molar-refractivity contribution >= 4 is 5.69 Å². The van der Waals surface area contributed by atoms with Gasteiger partial charge in [-0.25, -0.2) is 0 Å². The van der Waals surface area contributed by atoms with Crippen molar-refractivity contribution < 1.29 is 0 Å². The third-order valence-corrected chi connectivity index (χ3v) is 3.79. The van der Waals surface area contributed by atoms with Crippen LogP contribution >= 0.6 is 0 Å². The molecule has 0 radical (unpaired) electrons. The molecule has 1 aliphatic rings. The van der Waals surface area contributed by atoms with Gasteiger partial charge in [0, 0.05) is 24.4 Å². The van der Waals surface area contributed by atoms with Gasteiger partial charge in [0.2, 0.25) is 0 Å². The summed E-state index contributed by atoms with van der Waals surface area (Å²) >= 11 is 0. The van der Waals surface area contributed by atoms with Crippen molar-refractivity contribution in [2.75, 3.05) is 25.0 Å². The van der Waals surface area contributed by atoms with Gasteiger partial charge in [-0.3, -0.25) is 0 Å². The van der Waals surface area contributed by atoms with Crippen molar-refractivity contribution in [2.24, 2.45) is 0 Å². The topological polar surface area (TPSA) is 15.3 Å². The van der Waals surface area contributed by atoms with Crippen LogP contribution in [-0.2, 0) is 6.42 Å². The first-order valence-electron chi connectivity index (χ1n) is 8.89. The number of anilines is 1. The van der Waals surface area contributed by atoms with Crippen LogP contribution in [0.4, 0.5) is 5.69 Å². The summed E-state index contributed by atoms with van der Waals surface area (Å²) in [7, 11) is 2.01. The number of nitrogens with zero attached hydrogens (tertiary/aromatic N) is 1. The van der Waals surface area contributed by atoms with Crippen molar-refractivity contribution in [3.05, 3.63) is 65.9 Å². The first kappa shape index (κ1) is 19.2. The lowest BCUT2D eigenvalue weighted by Gasteiger charge is -2.29. The Balaban J connectivity index is 0.00000127. The van der Waals surface area contributed by atoms with E-state index in [-0.39, 0.29) is 0 Å².